The highest BCUT2D eigenvalue weighted by Crippen LogP contribution is 2.22. The lowest BCUT2D eigenvalue weighted by atomic mass is 10.1. The first kappa shape index (κ1) is 18.6. The molecule has 27 heavy (non-hydrogen) atoms. The Bertz CT molecular complexity index is 890. The number of ether oxygens (including phenoxy) is 1. The van der Waals surface area contributed by atoms with Crippen LogP contribution in [-0.2, 0) is 11.2 Å². The first-order valence-corrected chi connectivity index (χ1v) is 8.36. The number of hydrogen-bond acceptors (Lipinski definition) is 4. The Labute approximate surface area is 155 Å². The molecule has 3 aromatic rings. The molecule has 0 bridgehead atoms. The molecule has 0 radical (unpaired) electrons. The Morgan fingerprint density at radius 1 is 1.15 bits per heavy atom. The second-order valence-electron chi connectivity index (χ2n) is 5.94. The van der Waals surface area contributed by atoms with Crippen molar-refractivity contribution in [1.29, 1.82) is 0 Å². The number of alkyl halides is 2. The molecule has 0 aliphatic carbocycles. The molecule has 1 heterocycles. The van der Waals surface area contributed by atoms with E-state index in [0.29, 0.717) is 23.8 Å². The van der Waals surface area contributed by atoms with Gasteiger partial charge in [0.1, 0.15) is 5.75 Å². The van der Waals surface area contributed by atoms with Gasteiger partial charge in [-0.15, -0.1) is 0 Å². The molecule has 2 aromatic carbocycles. The normalized spacial score (nSPS) is 10.8. The van der Waals surface area contributed by atoms with Gasteiger partial charge in [0.25, 0.3) is 0 Å². The van der Waals surface area contributed by atoms with Crippen LogP contribution < -0.4 is 10.1 Å². The maximum atomic E-state index is 12.1. The zero-order valence-corrected chi connectivity index (χ0v) is 14.6. The minimum Gasteiger partial charge on any atom is -0.441 e. The van der Waals surface area contributed by atoms with E-state index in [9.17, 15) is 13.6 Å². The smallest absolute Gasteiger partial charge is 0.387 e. The van der Waals surface area contributed by atoms with E-state index in [0.717, 1.165) is 11.1 Å². The molecule has 0 unspecified atom stereocenters. The fourth-order valence-electron chi connectivity index (χ4n) is 2.44. The third-order valence-electron chi connectivity index (χ3n) is 3.82. The van der Waals surface area contributed by atoms with Crippen LogP contribution in [0.15, 0.2) is 59.1 Å². The van der Waals surface area contributed by atoms with E-state index in [1.54, 1.807) is 6.20 Å². The minimum atomic E-state index is -2.88. The number of anilines is 1. The lowest BCUT2D eigenvalue weighted by Gasteiger charge is -2.07. The van der Waals surface area contributed by atoms with Crippen LogP contribution in [0.2, 0.25) is 0 Å². The molecule has 0 aliphatic rings. The van der Waals surface area contributed by atoms with Gasteiger partial charge >= 0.3 is 6.61 Å². The van der Waals surface area contributed by atoms with Gasteiger partial charge in [0.15, 0.2) is 11.7 Å². The molecule has 3 rings (SSSR count). The van der Waals surface area contributed by atoms with Crippen molar-refractivity contribution in [3.8, 4) is 17.1 Å². The monoisotopic (exact) mass is 372 g/mol. The quantitative estimate of drug-likeness (QED) is 0.646. The van der Waals surface area contributed by atoms with Crippen molar-refractivity contribution < 1.29 is 22.7 Å². The van der Waals surface area contributed by atoms with Crippen molar-refractivity contribution in [2.45, 2.75) is 26.4 Å². The fraction of sp³-hybridized carbons (Fsp3) is 0.200. The van der Waals surface area contributed by atoms with Crippen LogP contribution in [0.5, 0.6) is 5.75 Å². The minimum absolute atomic E-state index is 0.0337. The van der Waals surface area contributed by atoms with Gasteiger partial charge < -0.3 is 14.5 Å². The summed E-state index contributed by atoms with van der Waals surface area (Å²) in [6.07, 6.45) is 2.17. The number of oxazole rings is 1. The van der Waals surface area contributed by atoms with Crippen molar-refractivity contribution >= 4 is 11.6 Å². The average molecular weight is 372 g/mol. The third kappa shape index (κ3) is 5.37. The molecule has 0 fully saturated rings. The Kier molecular flexibility index (Phi) is 5.80. The molecule has 0 aliphatic heterocycles. The maximum absolute atomic E-state index is 12.1. The van der Waals surface area contributed by atoms with Crippen LogP contribution in [0.25, 0.3) is 11.3 Å². The summed E-state index contributed by atoms with van der Waals surface area (Å²) in [4.78, 5) is 16.2. The van der Waals surface area contributed by atoms with Crippen LogP contribution in [0, 0.1) is 6.92 Å². The Morgan fingerprint density at radius 3 is 2.52 bits per heavy atom. The highest BCUT2D eigenvalue weighted by Gasteiger charge is 2.10. The van der Waals surface area contributed by atoms with E-state index in [1.165, 1.54) is 24.3 Å². The number of rotatable bonds is 7. The van der Waals surface area contributed by atoms with E-state index in [4.69, 9.17) is 4.42 Å². The lowest BCUT2D eigenvalue weighted by molar-refractivity contribution is -0.116. The van der Waals surface area contributed by atoms with Crippen LogP contribution >= 0.6 is 0 Å². The van der Waals surface area contributed by atoms with E-state index >= 15 is 0 Å². The molecule has 1 aromatic heterocycles. The molecule has 140 valence electrons. The predicted octanol–water partition coefficient (Wildman–Crippen LogP) is 4.82. The highest BCUT2D eigenvalue weighted by molar-refractivity contribution is 5.90. The zero-order chi connectivity index (χ0) is 19.2. The van der Waals surface area contributed by atoms with Crippen LogP contribution in [0.4, 0.5) is 14.5 Å². The molecule has 0 atom stereocenters. The number of nitrogens with zero attached hydrogens (tertiary/aromatic N) is 1. The van der Waals surface area contributed by atoms with E-state index in [1.807, 2.05) is 31.2 Å². The van der Waals surface area contributed by atoms with E-state index < -0.39 is 6.61 Å². The molecular weight excluding hydrogens is 354 g/mol. The average Bonchev–Trinajstić information content (AvgIpc) is 3.11. The number of aromatic nitrogens is 1. The second kappa shape index (κ2) is 8.44. The largest absolute Gasteiger partial charge is 0.441 e. The maximum Gasteiger partial charge on any atom is 0.387 e. The zero-order valence-electron chi connectivity index (χ0n) is 14.6. The summed E-state index contributed by atoms with van der Waals surface area (Å²) in [6, 6.07) is 13.6. The van der Waals surface area contributed by atoms with Crippen molar-refractivity contribution in [2.75, 3.05) is 5.32 Å². The molecule has 1 N–H and O–H groups in total. The van der Waals surface area contributed by atoms with Gasteiger partial charge in [-0.25, -0.2) is 4.98 Å². The van der Waals surface area contributed by atoms with Gasteiger partial charge in [-0.3, -0.25) is 4.79 Å². The summed E-state index contributed by atoms with van der Waals surface area (Å²) in [6.45, 7) is -0.871. The van der Waals surface area contributed by atoms with Gasteiger partial charge in [0, 0.05) is 24.1 Å². The summed E-state index contributed by atoms with van der Waals surface area (Å²) in [5.74, 6) is 0.931. The standard InChI is InChI=1S/C20H18F2N2O3/c1-13-2-4-14(5-3-13)17-12-23-19(27-17)11-10-18(25)24-15-6-8-16(9-7-15)26-20(21)22/h2-9,12,20H,10-11H2,1H3,(H,24,25). The molecule has 7 heteroatoms. The fourth-order valence-corrected chi connectivity index (χ4v) is 2.44. The number of carbonyl (C=O) groups is 1. The molecule has 0 saturated carbocycles. The second-order valence-corrected chi connectivity index (χ2v) is 5.94. The topological polar surface area (TPSA) is 64.4 Å². The molecule has 1 amide bonds. The number of hydrogen-bond donors (Lipinski definition) is 1. The molecule has 0 saturated heterocycles. The summed E-state index contributed by atoms with van der Waals surface area (Å²) in [7, 11) is 0. The van der Waals surface area contributed by atoms with Gasteiger partial charge in [0.05, 0.1) is 6.20 Å². The Hall–Kier alpha value is -3.22. The molecule has 5 nitrogen and oxygen atoms in total. The number of nitrogens with one attached hydrogen (secondary N) is 1. The SMILES string of the molecule is Cc1ccc(-c2cnc(CCC(=O)Nc3ccc(OC(F)F)cc3)o2)cc1. The number of aryl methyl sites for hydroxylation is 2. The number of amides is 1. The molecule has 0 spiro atoms. The van der Waals surface area contributed by atoms with Crippen molar-refractivity contribution in [2.24, 2.45) is 0 Å². The lowest BCUT2D eigenvalue weighted by Crippen LogP contribution is -2.12. The van der Waals surface area contributed by atoms with E-state index in [-0.39, 0.29) is 18.1 Å². The number of benzene rings is 2. The van der Waals surface area contributed by atoms with Gasteiger partial charge in [-0.05, 0) is 31.2 Å². The van der Waals surface area contributed by atoms with Gasteiger partial charge in [-0.2, -0.15) is 8.78 Å². The van der Waals surface area contributed by atoms with Crippen molar-refractivity contribution in [1.82, 2.24) is 4.98 Å². The van der Waals surface area contributed by atoms with Crippen molar-refractivity contribution in [3.05, 3.63) is 66.2 Å². The third-order valence-corrected chi connectivity index (χ3v) is 3.82. The first-order valence-electron chi connectivity index (χ1n) is 8.36. The van der Waals surface area contributed by atoms with E-state index in [2.05, 4.69) is 15.0 Å². The number of halogens is 2. The first-order chi connectivity index (χ1) is 13.0. The van der Waals surface area contributed by atoms with Crippen LogP contribution in [0.3, 0.4) is 0 Å². The van der Waals surface area contributed by atoms with Crippen LogP contribution in [-0.4, -0.2) is 17.5 Å². The summed E-state index contributed by atoms with van der Waals surface area (Å²) in [5, 5.41) is 2.69. The summed E-state index contributed by atoms with van der Waals surface area (Å²) >= 11 is 0. The summed E-state index contributed by atoms with van der Waals surface area (Å²) < 4.78 is 34.2. The highest BCUT2D eigenvalue weighted by atomic mass is 19.3. The Morgan fingerprint density at radius 2 is 1.85 bits per heavy atom. The summed E-state index contributed by atoms with van der Waals surface area (Å²) in [5.41, 5.74) is 2.58. The number of carbonyl (C=O) groups excluding carboxylic acids is 1. The molecular formula is C20H18F2N2O3. The predicted molar refractivity (Wildman–Crippen MR) is 96.7 cm³/mol. The van der Waals surface area contributed by atoms with Gasteiger partial charge in [0.2, 0.25) is 5.91 Å². The Balaban J connectivity index is 1.51. The van der Waals surface area contributed by atoms with Crippen LogP contribution in [0.1, 0.15) is 17.9 Å². The van der Waals surface area contributed by atoms with Crippen molar-refractivity contribution in [3.63, 3.8) is 0 Å². The van der Waals surface area contributed by atoms with Gasteiger partial charge in [-0.1, -0.05) is 29.8 Å².